The van der Waals surface area contributed by atoms with Crippen LogP contribution in [0.4, 0.5) is 5.69 Å². The molecule has 0 bridgehead atoms. The first-order chi connectivity index (χ1) is 8.85. The van der Waals surface area contributed by atoms with E-state index in [1.807, 2.05) is 0 Å². The fraction of sp³-hybridized carbons (Fsp3) is 0.625. The molecule has 1 aliphatic carbocycles. The third kappa shape index (κ3) is 4.70. The Labute approximate surface area is 122 Å². The third-order valence-corrected chi connectivity index (χ3v) is 3.70. The van der Waals surface area contributed by atoms with Crippen LogP contribution in [0.2, 0.25) is 5.02 Å². The summed E-state index contributed by atoms with van der Waals surface area (Å²) >= 11 is 6.38. The van der Waals surface area contributed by atoms with Crippen LogP contribution in [0.3, 0.4) is 0 Å². The molecular weight excluding hydrogens is 256 g/mol. The maximum absolute atomic E-state index is 6.38. The maximum Gasteiger partial charge on any atom is 0.0471 e. The lowest BCUT2D eigenvalue weighted by Gasteiger charge is -2.28. The summed E-state index contributed by atoms with van der Waals surface area (Å²) in [4.78, 5) is 2.27. The molecule has 3 heteroatoms. The lowest BCUT2D eigenvalue weighted by Crippen LogP contribution is -2.29. The van der Waals surface area contributed by atoms with Crippen molar-refractivity contribution in [3.05, 3.63) is 28.8 Å². The van der Waals surface area contributed by atoms with Crippen molar-refractivity contribution in [2.24, 2.45) is 5.41 Å². The molecule has 1 aromatic rings. The van der Waals surface area contributed by atoms with E-state index in [0.717, 1.165) is 24.2 Å². The van der Waals surface area contributed by atoms with Gasteiger partial charge < -0.3 is 10.2 Å². The molecule has 0 radical (unpaired) electrons. The summed E-state index contributed by atoms with van der Waals surface area (Å²) in [6.07, 6.45) is 2.62. The molecule has 1 aromatic carbocycles. The van der Waals surface area contributed by atoms with Crippen LogP contribution in [-0.4, -0.2) is 19.6 Å². The molecule has 0 aromatic heterocycles. The van der Waals surface area contributed by atoms with Crippen molar-refractivity contribution in [3.8, 4) is 0 Å². The van der Waals surface area contributed by atoms with E-state index in [0.29, 0.717) is 0 Å². The van der Waals surface area contributed by atoms with Gasteiger partial charge in [-0.3, -0.25) is 0 Å². The van der Waals surface area contributed by atoms with Crippen LogP contribution in [-0.2, 0) is 6.54 Å². The minimum absolute atomic E-state index is 0.285. The lowest BCUT2D eigenvalue weighted by molar-refractivity contribution is 0.419. The molecule has 19 heavy (non-hydrogen) atoms. The minimum Gasteiger partial charge on any atom is -0.374 e. The van der Waals surface area contributed by atoms with Crippen molar-refractivity contribution in [1.82, 2.24) is 5.32 Å². The Morgan fingerprint density at radius 1 is 1.32 bits per heavy atom. The topological polar surface area (TPSA) is 15.3 Å². The predicted molar refractivity (Wildman–Crippen MR) is 84.0 cm³/mol. The molecule has 0 spiro atoms. The van der Waals surface area contributed by atoms with E-state index in [9.17, 15) is 0 Å². The molecule has 1 saturated carbocycles. The number of benzene rings is 1. The van der Waals surface area contributed by atoms with Crippen LogP contribution < -0.4 is 10.2 Å². The second-order valence-corrected chi connectivity index (χ2v) is 7.25. The summed E-state index contributed by atoms with van der Waals surface area (Å²) in [5.41, 5.74) is 2.67. The number of anilines is 1. The van der Waals surface area contributed by atoms with Crippen molar-refractivity contribution < 1.29 is 0 Å². The first-order valence-corrected chi connectivity index (χ1v) is 7.46. The highest BCUT2D eigenvalue weighted by atomic mass is 35.5. The maximum atomic E-state index is 6.38. The van der Waals surface area contributed by atoms with Crippen LogP contribution in [0, 0.1) is 5.41 Å². The molecule has 0 amide bonds. The SMILES string of the molecule is CN(CC(C)(C)C)c1ccc(CNC2CC2)c(Cl)c1. The third-order valence-electron chi connectivity index (χ3n) is 3.35. The van der Waals surface area contributed by atoms with Gasteiger partial charge in [-0.05, 0) is 36.0 Å². The Hall–Kier alpha value is -0.730. The van der Waals surface area contributed by atoms with Crippen LogP contribution >= 0.6 is 11.6 Å². The lowest BCUT2D eigenvalue weighted by atomic mass is 9.96. The zero-order valence-corrected chi connectivity index (χ0v) is 13.2. The van der Waals surface area contributed by atoms with Gasteiger partial charge in [-0.25, -0.2) is 0 Å². The average molecular weight is 281 g/mol. The monoisotopic (exact) mass is 280 g/mol. The molecular formula is C16H25ClN2. The van der Waals surface area contributed by atoms with Gasteiger partial charge in [0.05, 0.1) is 0 Å². The van der Waals surface area contributed by atoms with Crippen molar-refractivity contribution in [2.75, 3.05) is 18.5 Å². The van der Waals surface area contributed by atoms with E-state index in [2.05, 4.69) is 56.2 Å². The summed E-state index contributed by atoms with van der Waals surface area (Å²) in [5, 5.41) is 4.37. The fourth-order valence-corrected chi connectivity index (χ4v) is 2.50. The van der Waals surface area contributed by atoms with Gasteiger partial charge in [0.25, 0.3) is 0 Å². The van der Waals surface area contributed by atoms with Gasteiger partial charge in [0, 0.05) is 36.9 Å². The number of nitrogens with one attached hydrogen (secondary N) is 1. The van der Waals surface area contributed by atoms with Gasteiger partial charge in [-0.1, -0.05) is 38.4 Å². The van der Waals surface area contributed by atoms with E-state index < -0.39 is 0 Å². The van der Waals surface area contributed by atoms with Crippen molar-refractivity contribution in [1.29, 1.82) is 0 Å². The number of hydrogen-bond donors (Lipinski definition) is 1. The smallest absolute Gasteiger partial charge is 0.0471 e. The number of nitrogens with zero attached hydrogens (tertiary/aromatic N) is 1. The van der Waals surface area contributed by atoms with Crippen LogP contribution in [0.25, 0.3) is 0 Å². The first-order valence-electron chi connectivity index (χ1n) is 7.08. The molecule has 1 N–H and O–H groups in total. The molecule has 106 valence electrons. The highest BCUT2D eigenvalue weighted by molar-refractivity contribution is 6.31. The summed E-state index contributed by atoms with van der Waals surface area (Å²) in [7, 11) is 2.12. The quantitative estimate of drug-likeness (QED) is 0.874. The molecule has 0 aliphatic heterocycles. The summed E-state index contributed by atoms with van der Waals surface area (Å²) in [5.74, 6) is 0. The standard InChI is InChI=1S/C16H25ClN2/c1-16(2,3)11-19(4)14-8-5-12(15(17)9-14)10-18-13-6-7-13/h5,8-9,13,18H,6-7,10-11H2,1-4H3. The summed E-state index contributed by atoms with van der Waals surface area (Å²) < 4.78 is 0. The molecule has 0 atom stereocenters. The highest BCUT2D eigenvalue weighted by Crippen LogP contribution is 2.26. The second kappa shape index (κ2) is 5.72. The second-order valence-electron chi connectivity index (χ2n) is 6.85. The first kappa shape index (κ1) is 14.7. The van der Waals surface area contributed by atoms with Gasteiger partial charge in [-0.2, -0.15) is 0 Å². The molecule has 2 rings (SSSR count). The van der Waals surface area contributed by atoms with E-state index >= 15 is 0 Å². The average Bonchev–Trinajstić information content (AvgIpc) is 3.08. The Morgan fingerprint density at radius 3 is 2.53 bits per heavy atom. The number of hydrogen-bond acceptors (Lipinski definition) is 2. The van der Waals surface area contributed by atoms with E-state index in [4.69, 9.17) is 11.6 Å². The Balaban J connectivity index is 2.00. The van der Waals surface area contributed by atoms with E-state index in [1.54, 1.807) is 0 Å². The Kier molecular flexibility index (Phi) is 4.42. The van der Waals surface area contributed by atoms with Crippen molar-refractivity contribution in [3.63, 3.8) is 0 Å². The Morgan fingerprint density at radius 2 is 2.00 bits per heavy atom. The molecule has 2 nitrogen and oxygen atoms in total. The molecule has 0 heterocycles. The van der Waals surface area contributed by atoms with Gasteiger partial charge in [0.15, 0.2) is 0 Å². The van der Waals surface area contributed by atoms with Gasteiger partial charge >= 0.3 is 0 Å². The largest absolute Gasteiger partial charge is 0.374 e. The molecule has 0 unspecified atom stereocenters. The van der Waals surface area contributed by atoms with Crippen molar-refractivity contribution in [2.45, 2.75) is 46.2 Å². The minimum atomic E-state index is 0.285. The van der Waals surface area contributed by atoms with Crippen LogP contribution in [0.1, 0.15) is 39.2 Å². The normalized spacial score (nSPS) is 15.6. The molecule has 0 saturated heterocycles. The van der Waals surface area contributed by atoms with E-state index in [1.165, 1.54) is 24.1 Å². The van der Waals surface area contributed by atoms with Gasteiger partial charge in [0.2, 0.25) is 0 Å². The highest BCUT2D eigenvalue weighted by Gasteiger charge is 2.20. The number of halogens is 1. The van der Waals surface area contributed by atoms with Gasteiger partial charge in [-0.15, -0.1) is 0 Å². The van der Waals surface area contributed by atoms with Crippen LogP contribution in [0.15, 0.2) is 18.2 Å². The van der Waals surface area contributed by atoms with Gasteiger partial charge in [0.1, 0.15) is 0 Å². The van der Waals surface area contributed by atoms with Crippen molar-refractivity contribution >= 4 is 17.3 Å². The molecule has 1 fully saturated rings. The predicted octanol–water partition coefficient (Wildman–Crippen LogP) is 4.07. The zero-order valence-electron chi connectivity index (χ0n) is 12.5. The molecule has 1 aliphatic rings. The Bertz CT molecular complexity index is 433. The number of rotatable bonds is 5. The zero-order chi connectivity index (χ0) is 14.0. The van der Waals surface area contributed by atoms with E-state index in [-0.39, 0.29) is 5.41 Å². The van der Waals surface area contributed by atoms with Crippen LogP contribution in [0.5, 0.6) is 0 Å². The fourth-order valence-electron chi connectivity index (χ4n) is 2.26. The summed E-state index contributed by atoms with van der Waals surface area (Å²) in [6, 6.07) is 7.12. The summed E-state index contributed by atoms with van der Waals surface area (Å²) in [6.45, 7) is 8.65.